The number of rotatable bonds is 29. The van der Waals surface area contributed by atoms with E-state index in [9.17, 15) is 63.3 Å². The van der Waals surface area contributed by atoms with Crippen molar-refractivity contribution in [2.45, 2.75) is 141 Å². The molecule has 0 aliphatic rings. The van der Waals surface area contributed by atoms with Crippen molar-refractivity contribution in [3.8, 4) is 0 Å². The van der Waals surface area contributed by atoms with E-state index >= 15 is 0 Å². The fourth-order valence-corrected chi connectivity index (χ4v) is 6.19. The van der Waals surface area contributed by atoms with Gasteiger partial charge in [0.1, 0.15) is 30.2 Å². The second-order valence-electron chi connectivity index (χ2n) is 16.3. The summed E-state index contributed by atoms with van der Waals surface area (Å²) in [6.45, 7) is 9.47. The van der Waals surface area contributed by atoms with Gasteiger partial charge in [-0.2, -0.15) is 0 Å². The number of carboxylic acid groups (broad SMARTS) is 3. The van der Waals surface area contributed by atoms with E-state index in [2.05, 4.69) is 31.9 Å². The maximum Gasteiger partial charge on any atom is 0.326 e. The number of nitrogens with two attached hydrogens (primary N) is 2. The van der Waals surface area contributed by atoms with Gasteiger partial charge in [0.25, 0.3) is 0 Å². The SMILES string of the molecule is CC(C)C[C@H](NC(=O)[C@H](CC(N)=O)NC(=O)[C@@H](NC(=O)[C@@H](N)CCC(=O)O)C(C)C)C(O)C[C@@H](C)C(=O)N[C@@H](C)C(=O)N[C@@H](CCC(=O)O)C(=O)N[C@@H](Cc1ccccc1)C(=O)O. The summed E-state index contributed by atoms with van der Waals surface area (Å²) >= 11 is 0. The first-order valence-corrected chi connectivity index (χ1v) is 20.6. The Morgan fingerprint density at radius 2 is 1.14 bits per heavy atom. The third-order valence-corrected chi connectivity index (χ3v) is 9.78. The van der Waals surface area contributed by atoms with Gasteiger partial charge in [-0.25, -0.2) is 4.79 Å². The van der Waals surface area contributed by atoms with E-state index in [1.165, 1.54) is 13.8 Å². The minimum absolute atomic E-state index is 0.0978. The molecule has 0 fully saturated rings. The first-order valence-electron chi connectivity index (χ1n) is 20.6. The van der Waals surface area contributed by atoms with Crippen molar-refractivity contribution < 1.29 is 68.4 Å². The number of benzene rings is 1. The summed E-state index contributed by atoms with van der Waals surface area (Å²) in [6.07, 6.45) is -3.85. The lowest BCUT2D eigenvalue weighted by Gasteiger charge is -2.30. The van der Waals surface area contributed by atoms with Crippen molar-refractivity contribution in [1.82, 2.24) is 31.9 Å². The normalized spacial score (nSPS) is 15.5. The molecular weight excluding hydrogens is 828 g/mol. The van der Waals surface area contributed by atoms with E-state index < -0.39 is 145 Å². The van der Waals surface area contributed by atoms with Crippen LogP contribution in [0.15, 0.2) is 30.3 Å². The highest BCUT2D eigenvalue weighted by molar-refractivity contribution is 5.96. The third kappa shape index (κ3) is 21.0. The van der Waals surface area contributed by atoms with Crippen molar-refractivity contribution in [2.75, 3.05) is 0 Å². The number of hydrogen-bond donors (Lipinski definition) is 12. The number of carboxylic acids is 3. The standard InChI is InChI=1S/C41H64N8O14/c1-20(2)16-27(46-39(60)28(19-31(43)51)47-40(61)34(21(3)4)49-37(58)25(42)12-14-32(52)53)30(50)17-22(5)35(56)44-23(6)36(57)45-26(13-15-33(54)55)38(59)48-29(41(62)63)18-24-10-8-7-9-11-24/h7-11,20-23,25-30,34,50H,12-19,42H2,1-6H3,(H2,43,51)(H,44,56)(H,45,57)(H,46,60)(H,47,61)(H,48,59)(H,49,58)(H,52,53)(H,54,55)(H,62,63)/t22-,23+,25+,26+,27+,28+,29+,30?,34+/m1/s1. The maximum absolute atomic E-state index is 13.6. The van der Waals surface area contributed by atoms with Crippen LogP contribution in [0.1, 0.15) is 92.1 Å². The predicted molar refractivity (Wildman–Crippen MR) is 225 cm³/mol. The average molecular weight is 893 g/mol. The van der Waals surface area contributed by atoms with Crippen LogP contribution in [0.2, 0.25) is 0 Å². The number of amides is 7. The molecule has 7 amide bonds. The highest BCUT2D eigenvalue weighted by Crippen LogP contribution is 2.17. The quantitative estimate of drug-likeness (QED) is 0.0425. The number of aliphatic hydroxyl groups excluding tert-OH is 1. The molecule has 0 saturated heterocycles. The third-order valence-electron chi connectivity index (χ3n) is 9.78. The van der Waals surface area contributed by atoms with Gasteiger partial charge in [0.15, 0.2) is 0 Å². The van der Waals surface area contributed by atoms with Crippen LogP contribution in [0.25, 0.3) is 0 Å². The van der Waals surface area contributed by atoms with Gasteiger partial charge < -0.3 is 63.8 Å². The van der Waals surface area contributed by atoms with Gasteiger partial charge in [-0.15, -0.1) is 0 Å². The van der Waals surface area contributed by atoms with Crippen LogP contribution in [-0.4, -0.2) is 128 Å². The van der Waals surface area contributed by atoms with Crippen molar-refractivity contribution in [3.05, 3.63) is 35.9 Å². The number of nitrogens with one attached hydrogen (secondary N) is 6. The molecule has 0 aromatic heterocycles. The summed E-state index contributed by atoms with van der Waals surface area (Å²) in [6, 6.07) is -0.933. The zero-order chi connectivity index (χ0) is 48.1. The summed E-state index contributed by atoms with van der Waals surface area (Å²) in [7, 11) is 0. The average Bonchev–Trinajstić information content (AvgIpc) is 3.18. The van der Waals surface area contributed by atoms with Crippen molar-refractivity contribution in [3.63, 3.8) is 0 Å². The van der Waals surface area contributed by atoms with Gasteiger partial charge >= 0.3 is 17.9 Å². The predicted octanol–water partition coefficient (Wildman–Crippen LogP) is -1.74. The molecule has 0 bridgehead atoms. The molecule has 1 aromatic rings. The first-order chi connectivity index (χ1) is 29.3. The number of aliphatic hydroxyl groups is 1. The number of carbonyl (C=O) groups excluding carboxylic acids is 7. The van der Waals surface area contributed by atoms with Gasteiger partial charge in [-0.05, 0) is 50.0 Å². The van der Waals surface area contributed by atoms with Gasteiger partial charge in [-0.3, -0.25) is 43.2 Å². The molecule has 0 aliphatic heterocycles. The Hall–Kier alpha value is -6.16. The Balaban J connectivity index is 3.07. The molecule has 22 heteroatoms. The summed E-state index contributed by atoms with van der Waals surface area (Å²) in [4.78, 5) is 125. The van der Waals surface area contributed by atoms with Crippen molar-refractivity contribution >= 4 is 59.3 Å². The molecule has 352 valence electrons. The molecule has 0 aliphatic carbocycles. The molecule has 63 heavy (non-hydrogen) atoms. The highest BCUT2D eigenvalue weighted by atomic mass is 16.4. The van der Waals surface area contributed by atoms with E-state index in [0.717, 1.165) is 0 Å². The van der Waals surface area contributed by atoms with Crippen LogP contribution in [0, 0.1) is 17.8 Å². The lowest BCUT2D eigenvalue weighted by atomic mass is 9.92. The van der Waals surface area contributed by atoms with Crippen LogP contribution < -0.4 is 43.4 Å². The number of primary amides is 1. The molecule has 0 radical (unpaired) electrons. The Morgan fingerprint density at radius 3 is 1.67 bits per heavy atom. The molecule has 9 atom stereocenters. The molecular formula is C41H64N8O14. The lowest BCUT2D eigenvalue weighted by Crippen LogP contribution is -2.59. The maximum atomic E-state index is 13.6. The molecule has 0 saturated carbocycles. The van der Waals surface area contributed by atoms with Gasteiger partial charge in [-0.1, -0.05) is 65.0 Å². The van der Waals surface area contributed by atoms with Crippen LogP contribution in [0.4, 0.5) is 0 Å². The largest absolute Gasteiger partial charge is 0.481 e. The minimum atomic E-state index is -1.57. The van der Waals surface area contributed by atoms with E-state index in [-0.39, 0.29) is 31.6 Å². The Morgan fingerprint density at radius 1 is 0.603 bits per heavy atom. The Kier molecular flexibility index (Phi) is 23.5. The monoisotopic (exact) mass is 892 g/mol. The van der Waals surface area contributed by atoms with Crippen LogP contribution in [0.3, 0.4) is 0 Å². The molecule has 0 spiro atoms. The summed E-state index contributed by atoms with van der Waals surface area (Å²) < 4.78 is 0. The molecule has 1 aromatic carbocycles. The highest BCUT2D eigenvalue weighted by Gasteiger charge is 2.35. The number of hydrogen-bond acceptors (Lipinski definition) is 12. The summed E-state index contributed by atoms with van der Waals surface area (Å²) in [5.41, 5.74) is 11.8. The molecule has 14 N–H and O–H groups in total. The van der Waals surface area contributed by atoms with E-state index in [4.69, 9.17) is 16.6 Å². The van der Waals surface area contributed by atoms with Crippen molar-refractivity contribution in [1.29, 1.82) is 0 Å². The van der Waals surface area contributed by atoms with Crippen LogP contribution in [-0.2, 0) is 54.4 Å². The van der Waals surface area contributed by atoms with Gasteiger partial charge in [0, 0.05) is 25.2 Å². The fourth-order valence-electron chi connectivity index (χ4n) is 6.19. The summed E-state index contributed by atoms with van der Waals surface area (Å²) in [5.74, 6) is -11.7. The van der Waals surface area contributed by atoms with E-state index in [0.29, 0.717) is 5.56 Å². The summed E-state index contributed by atoms with van der Waals surface area (Å²) in [5, 5.41) is 53.8. The van der Waals surface area contributed by atoms with Gasteiger partial charge in [0.05, 0.1) is 24.6 Å². The smallest absolute Gasteiger partial charge is 0.326 e. The lowest BCUT2D eigenvalue weighted by molar-refractivity contribution is -0.143. The molecule has 1 rings (SSSR count). The van der Waals surface area contributed by atoms with Crippen LogP contribution >= 0.6 is 0 Å². The molecule has 0 heterocycles. The molecule has 1 unspecified atom stereocenters. The zero-order valence-corrected chi connectivity index (χ0v) is 36.4. The number of carbonyl (C=O) groups is 10. The fraction of sp³-hybridized carbons (Fsp3) is 0.610. The molecule has 22 nitrogen and oxygen atoms in total. The van der Waals surface area contributed by atoms with E-state index in [1.54, 1.807) is 58.0 Å². The number of aliphatic carboxylic acids is 3. The van der Waals surface area contributed by atoms with Crippen LogP contribution in [0.5, 0.6) is 0 Å². The topological polar surface area (TPSA) is 376 Å². The Labute approximate surface area is 365 Å². The first kappa shape index (κ1) is 54.9. The minimum Gasteiger partial charge on any atom is -0.481 e. The van der Waals surface area contributed by atoms with Crippen molar-refractivity contribution in [2.24, 2.45) is 29.2 Å². The zero-order valence-electron chi connectivity index (χ0n) is 36.4. The van der Waals surface area contributed by atoms with E-state index in [1.807, 2.05) is 0 Å². The Bertz CT molecular complexity index is 1760. The second kappa shape index (κ2) is 27.0. The second-order valence-corrected chi connectivity index (χ2v) is 16.3. The van der Waals surface area contributed by atoms with Gasteiger partial charge in [0.2, 0.25) is 41.4 Å².